The Morgan fingerprint density at radius 1 is 0.921 bits per heavy atom. The Balaban J connectivity index is 2.07. The number of anilines is 1. The van der Waals surface area contributed by atoms with Crippen LogP contribution in [0.1, 0.15) is 36.1 Å². The number of hydrogen-bond donors (Lipinski definition) is 1. The molecule has 1 atom stereocenters. The molecule has 2 amide bonds. The lowest BCUT2D eigenvalue weighted by Crippen LogP contribution is -2.51. The Hall–Kier alpha value is -3.72. The zero-order valence-corrected chi connectivity index (χ0v) is 23.2. The van der Waals surface area contributed by atoms with Crippen LogP contribution in [0.15, 0.2) is 71.6 Å². The van der Waals surface area contributed by atoms with Crippen LogP contribution in [0.2, 0.25) is 0 Å². The highest BCUT2D eigenvalue weighted by Gasteiger charge is 2.33. The van der Waals surface area contributed by atoms with Crippen LogP contribution < -0.4 is 9.62 Å². The molecule has 0 aliphatic heterocycles. The van der Waals surface area contributed by atoms with E-state index in [9.17, 15) is 22.4 Å². The number of carbonyl (C=O) groups is 2. The topological polar surface area (TPSA) is 86.8 Å². The average molecular weight is 540 g/mol. The van der Waals surface area contributed by atoms with E-state index in [0.29, 0.717) is 23.4 Å². The van der Waals surface area contributed by atoms with Crippen LogP contribution in [0, 0.1) is 26.6 Å². The van der Waals surface area contributed by atoms with Gasteiger partial charge in [0.15, 0.2) is 0 Å². The largest absolute Gasteiger partial charge is 0.355 e. The number of nitrogens with zero attached hydrogens (tertiary/aromatic N) is 2. The highest BCUT2D eigenvalue weighted by atomic mass is 32.2. The predicted octanol–water partition coefficient (Wildman–Crippen LogP) is 4.50. The van der Waals surface area contributed by atoms with E-state index in [1.807, 2.05) is 19.9 Å². The average Bonchev–Trinajstić information content (AvgIpc) is 2.88. The summed E-state index contributed by atoms with van der Waals surface area (Å²) in [5.74, 6) is -1.36. The molecule has 3 aromatic carbocycles. The fourth-order valence-electron chi connectivity index (χ4n) is 4.03. The number of halogens is 1. The highest BCUT2D eigenvalue weighted by Crippen LogP contribution is 2.28. The summed E-state index contributed by atoms with van der Waals surface area (Å²) in [6.45, 7) is 8.70. The minimum absolute atomic E-state index is 0.00261. The number of hydrogen-bond acceptors (Lipinski definition) is 4. The van der Waals surface area contributed by atoms with Crippen molar-refractivity contribution in [2.45, 2.75) is 52.1 Å². The molecule has 0 unspecified atom stereocenters. The molecule has 0 radical (unpaired) electrons. The van der Waals surface area contributed by atoms with Crippen LogP contribution in [-0.2, 0) is 26.2 Å². The van der Waals surface area contributed by atoms with Gasteiger partial charge < -0.3 is 10.2 Å². The van der Waals surface area contributed by atoms with Crippen molar-refractivity contribution in [1.82, 2.24) is 10.2 Å². The number of carbonyl (C=O) groups excluding carboxylic acids is 2. The normalized spacial score (nSPS) is 12.1. The van der Waals surface area contributed by atoms with E-state index in [1.54, 1.807) is 45.0 Å². The molecule has 3 rings (SSSR count). The van der Waals surface area contributed by atoms with Gasteiger partial charge in [-0.3, -0.25) is 13.9 Å². The van der Waals surface area contributed by atoms with E-state index in [1.165, 1.54) is 41.3 Å². The number of nitrogens with one attached hydrogen (secondary N) is 1. The third-order valence-electron chi connectivity index (χ3n) is 6.31. The lowest BCUT2D eigenvalue weighted by atomic mass is 10.1. The second-order valence-corrected chi connectivity index (χ2v) is 11.2. The molecule has 3 aromatic rings. The van der Waals surface area contributed by atoms with Gasteiger partial charge in [0, 0.05) is 13.1 Å². The number of amides is 2. The molecule has 0 aliphatic carbocycles. The van der Waals surface area contributed by atoms with Crippen LogP contribution in [0.5, 0.6) is 0 Å². The van der Waals surface area contributed by atoms with Gasteiger partial charge in [-0.25, -0.2) is 12.8 Å². The molecule has 0 spiro atoms. The molecule has 0 heterocycles. The van der Waals surface area contributed by atoms with E-state index in [0.717, 1.165) is 15.4 Å². The third kappa shape index (κ3) is 6.77. The summed E-state index contributed by atoms with van der Waals surface area (Å²) in [6.07, 6.45) is 0. The summed E-state index contributed by atoms with van der Waals surface area (Å²) < 4.78 is 42.4. The maximum atomic E-state index is 13.9. The van der Waals surface area contributed by atoms with Crippen LogP contribution in [0.25, 0.3) is 0 Å². The SMILES string of the molecule is CCNC(=O)[C@H](C)N(Cc1ccc(F)cc1)C(=O)CN(c1cc(C)ccc1C)S(=O)(=O)c1ccc(C)cc1. The second-order valence-electron chi connectivity index (χ2n) is 9.33. The van der Waals surface area contributed by atoms with Gasteiger partial charge in [-0.05, 0) is 81.6 Å². The van der Waals surface area contributed by atoms with Crippen molar-refractivity contribution < 1.29 is 22.4 Å². The molecular weight excluding hydrogens is 505 g/mol. The van der Waals surface area contributed by atoms with Gasteiger partial charge in [0.25, 0.3) is 10.0 Å². The molecule has 7 nitrogen and oxygen atoms in total. The minimum atomic E-state index is -4.14. The second kappa shape index (κ2) is 12.2. The summed E-state index contributed by atoms with van der Waals surface area (Å²) in [5.41, 5.74) is 3.41. The number of sulfonamides is 1. The Kier molecular flexibility index (Phi) is 9.27. The molecule has 1 N–H and O–H groups in total. The van der Waals surface area contributed by atoms with Crippen LogP contribution in [0.3, 0.4) is 0 Å². The molecule has 0 aromatic heterocycles. The maximum Gasteiger partial charge on any atom is 0.264 e. The van der Waals surface area contributed by atoms with Crippen molar-refractivity contribution in [1.29, 1.82) is 0 Å². The van der Waals surface area contributed by atoms with E-state index >= 15 is 0 Å². The Morgan fingerprint density at radius 2 is 1.53 bits per heavy atom. The number of likely N-dealkylation sites (N-methyl/N-ethyl adjacent to an activating group) is 1. The van der Waals surface area contributed by atoms with Crippen molar-refractivity contribution in [2.75, 3.05) is 17.4 Å². The number of aryl methyl sites for hydroxylation is 3. The molecular formula is C29H34FN3O4S. The monoisotopic (exact) mass is 539 g/mol. The molecule has 38 heavy (non-hydrogen) atoms. The first-order valence-corrected chi connectivity index (χ1v) is 13.9. The van der Waals surface area contributed by atoms with Gasteiger partial charge in [0.1, 0.15) is 18.4 Å². The molecule has 202 valence electrons. The Labute approximate surface area is 224 Å². The van der Waals surface area contributed by atoms with Gasteiger partial charge in [-0.15, -0.1) is 0 Å². The maximum absolute atomic E-state index is 13.9. The third-order valence-corrected chi connectivity index (χ3v) is 8.08. The quantitative estimate of drug-likeness (QED) is 0.411. The summed E-state index contributed by atoms with van der Waals surface area (Å²) in [5, 5.41) is 2.71. The van der Waals surface area contributed by atoms with Crippen molar-refractivity contribution in [3.05, 3.63) is 94.8 Å². The lowest BCUT2D eigenvalue weighted by Gasteiger charge is -2.32. The summed E-state index contributed by atoms with van der Waals surface area (Å²) >= 11 is 0. The Morgan fingerprint density at radius 3 is 2.13 bits per heavy atom. The fourth-order valence-corrected chi connectivity index (χ4v) is 5.50. The highest BCUT2D eigenvalue weighted by molar-refractivity contribution is 7.92. The predicted molar refractivity (Wildman–Crippen MR) is 147 cm³/mol. The molecule has 0 fully saturated rings. The first kappa shape index (κ1) is 28.8. The van der Waals surface area contributed by atoms with Crippen LogP contribution >= 0.6 is 0 Å². The van der Waals surface area contributed by atoms with Crippen molar-refractivity contribution in [2.24, 2.45) is 0 Å². The fraction of sp³-hybridized carbons (Fsp3) is 0.310. The summed E-state index contributed by atoms with van der Waals surface area (Å²) in [7, 11) is -4.14. The zero-order valence-electron chi connectivity index (χ0n) is 22.4. The van der Waals surface area contributed by atoms with E-state index in [4.69, 9.17) is 0 Å². The van der Waals surface area contributed by atoms with E-state index in [-0.39, 0.29) is 17.3 Å². The van der Waals surface area contributed by atoms with Gasteiger partial charge >= 0.3 is 0 Å². The molecule has 0 aliphatic rings. The van der Waals surface area contributed by atoms with Gasteiger partial charge in [-0.1, -0.05) is 42.0 Å². The first-order chi connectivity index (χ1) is 17.9. The van der Waals surface area contributed by atoms with Crippen LogP contribution in [-0.4, -0.2) is 44.3 Å². The molecule has 0 saturated carbocycles. The lowest BCUT2D eigenvalue weighted by molar-refractivity contribution is -0.139. The van der Waals surface area contributed by atoms with Crippen molar-refractivity contribution in [3.63, 3.8) is 0 Å². The van der Waals surface area contributed by atoms with Crippen molar-refractivity contribution >= 4 is 27.5 Å². The zero-order chi connectivity index (χ0) is 28.0. The number of rotatable bonds is 10. The molecule has 0 bridgehead atoms. The standard InChI is InChI=1S/C29H34FN3O4S/c1-6-31-29(35)23(5)32(18-24-11-13-25(30)14-12-24)28(34)19-33(27-17-21(3)7-10-22(27)4)38(36,37)26-15-8-20(2)9-16-26/h7-17,23H,6,18-19H2,1-5H3,(H,31,35)/t23-/m0/s1. The Bertz CT molecular complexity index is 1390. The first-order valence-electron chi connectivity index (χ1n) is 12.4. The van der Waals surface area contributed by atoms with Crippen molar-refractivity contribution in [3.8, 4) is 0 Å². The summed E-state index contributed by atoms with van der Waals surface area (Å²) in [4.78, 5) is 28.0. The van der Waals surface area contributed by atoms with E-state index < -0.39 is 34.3 Å². The molecule has 9 heteroatoms. The number of benzene rings is 3. The molecule has 0 saturated heterocycles. The smallest absolute Gasteiger partial charge is 0.264 e. The minimum Gasteiger partial charge on any atom is -0.355 e. The van der Waals surface area contributed by atoms with Gasteiger partial charge in [-0.2, -0.15) is 0 Å². The van der Waals surface area contributed by atoms with E-state index in [2.05, 4.69) is 5.32 Å². The van der Waals surface area contributed by atoms with Gasteiger partial charge in [0.2, 0.25) is 11.8 Å². The van der Waals surface area contributed by atoms with Crippen LogP contribution in [0.4, 0.5) is 10.1 Å². The van der Waals surface area contributed by atoms with Gasteiger partial charge in [0.05, 0.1) is 10.6 Å². The summed E-state index contributed by atoms with van der Waals surface area (Å²) in [6, 6.07) is 16.6.